The van der Waals surface area contributed by atoms with Gasteiger partial charge < -0.3 is 10.1 Å². The number of rotatable bonds is 7. The normalized spacial score (nSPS) is 11.9. The Morgan fingerprint density at radius 1 is 0.964 bits per heavy atom. The monoisotopic (exact) mass is 381 g/mol. The molecule has 0 saturated carbocycles. The van der Waals surface area contributed by atoms with Crippen LogP contribution < -0.4 is 16.0 Å². The third kappa shape index (κ3) is 6.60. The van der Waals surface area contributed by atoms with Crippen LogP contribution >= 0.6 is 0 Å². The number of amides is 3. The maximum Gasteiger partial charge on any atom is 0.334 e. The molecule has 0 unspecified atom stereocenters. The molecule has 2 aromatic rings. The number of nitrogens with one attached hydrogen (secondary N) is 3. The molecule has 1 atom stereocenters. The Morgan fingerprint density at radius 2 is 1.57 bits per heavy atom. The van der Waals surface area contributed by atoms with Crippen molar-refractivity contribution in [1.29, 1.82) is 0 Å². The van der Waals surface area contributed by atoms with Gasteiger partial charge in [0.05, 0.1) is 12.7 Å². The van der Waals surface area contributed by atoms with Crippen LogP contribution in [0.4, 0.5) is 4.79 Å². The molecule has 0 radical (unpaired) electrons. The van der Waals surface area contributed by atoms with E-state index in [1.54, 1.807) is 37.3 Å². The second-order valence-electron chi connectivity index (χ2n) is 5.86. The van der Waals surface area contributed by atoms with Gasteiger partial charge in [-0.05, 0) is 31.5 Å². The minimum Gasteiger partial charge on any atom is -0.463 e. The highest BCUT2D eigenvalue weighted by Gasteiger charge is 2.14. The number of benzene rings is 2. The summed E-state index contributed by atoms with van der Waals surface area (Å²) in [5.41, 5.74) is 1.30. The highest BCUT2D eigenvalue weighted by atomic mass is 16.5. The number of esters is 1. The molecule has 0 spiro atoms. The molecule has 0 bridgehead atoms. The summed E-state index contributed by atoms with van der Waals surface area (Å²) in [5.74, 6) is -1.04. The van der Waals surface area contributed by atoms with E-state index in [-0.39, 0.29) is 18.5 Å². The van der Waals surface area contributed by atoms with Gasteiger partial charge in [0.1, 0.15) is 5.82 Å². The number of hydrogen-bond acceptors (Lipinski definition) is 5. The van der Waals surface area contributed by atoms with Crippen LogP contribution in [-0.4, -0.2) is 24.5 Å². The molecule has 7 heteroatoms. The molecule has 146 valence electrons. The van der Waals surface area contributed by atoms with Crippen LogP contribution in [0.5, 0.6) is 0 Å². The van der Waals surface area contributed by atoms with Gasteiger partial charge in [-0.25, -0.2) is 9.59 Å². The molecule has 2 rings (SSSR count). The first-order valence-corrected chi connectivity index (χ1v) is 8.87. The molecular formula is C21H23N3O4. The van der Waals surface area contributed by atoms with E-state index < -0.39 is 17.9 Å². The molecule has 0 aliphatic heterocycles. The lowest BCUT2D eigenvalue weighted by molar-refractivity contribution is -0.137. The van der Waals surface area contributed by atoms with Crippen molar-refractivity contribution in [2.45, 2.75) is 19.9 Å². The Bertz CT molecular complexity index is 835. The highest BCUT2D eigenvalue weighted by molar-refractivity contribution is 6.04. The van der Waals surface area contributed by atoms with E-state index in [2.05, 4.69) is 16.0 Å². The first-order chi connectivity index (χ1) is 13.5. The zero-order chi connectivity index (χ0) is 20.4. The second-order valence-corrected chi connectivity index (χ2v) is 5.86. The Balaban J connectivity index is 2.07. The van der Waals surface area contributed by atoms with Crippen molar-refractivity contribution < 1.29 is 19.1 Å². The van der Waals surface area contributed by atoms with E-state index in [4.69, 9.17) is 4.74 Å². The Labute approximate surface area is 163 Å². The Morgan fingerprint density at radius 3 is 2.18 bits per heavy atom. The fourth-order valence-electron chi connectivity index (χ4n) is 2.39. The Kier molecular flexibility index (Phi) is 7.77. The molecule has 28 heavy (non-hydrogen) atoms. The summed E-state index contributed by atoms with van der Waals surface area (Å²) < 4.78 is 4.90. The summed E-state index contributed by atoms with van der Waals surface area (Å²) in [6, 6.07) is 16.9. The Hall–Kier alpha value is -3.61. The summed E-state index contributed by atoms with van der Waals surface area (Å²) in [6.45, 7) is 3.77. The molecule has 7 nitrogen and oxygen atoms in total. The number of ether oxygens (including phenoxy) is 1. The van der Waals surface area contributed by atoms with Crippen molar-refractivity contribution in [3.63, 3.8) is 0 Å². The van der Waals surface area contributed by atoms with Gasteiger partial charge in [0.2, 0.25) is 0 Å². The average molecular weight is 381 g/mol. The predicted octanol–water partition coefficient (Wildman–Crippen LogP) is 2.88. The van der Waals surface area contributed by atoms with Crippen LogP contribution in [0.1, 0.15) is 35.8 Å². The average Bonchev–Trinajstić information content (AvgIpc) is 2.69. The van der Waals surface area contributed by atoms with E-state index >= 15 is 0 Å². The van der Waals surface area contributed by atoms with Crippen LogP contribution in [0.25, 0.3) is 0 Å². The molecule has 0 fully saturated rings. The topological polar surface area (TPSA) is 96.5 Å². The van der Waals surface area contributed by atoms with Gasteiger partial charge >= 0.3 is 12.0 Å². The van der Waals surface area contributed by atoms with Gasteiger partial charge in [-0.15, -0.1) is 0 Å². The quantitative estimate of drug-likeness (QED) is 0.506. The second kappa shape index (κ2) is 10.5. The fourth-order valence-corrected chi connectivity index (χ4v) is 2.39. The third-order valence-electron chi connectivity index (χ3n) is 3.73. The molecule has 0 saturated heterocycles. The number of imide groups is 1. The van der Waals surface area contributed by atoms with Crippen molar-refractivity contribution in [1.82, 2.24) is 16.0 Å². The smallest absolute Gasteiger partial charge is 0.334 e. The van der Waals surface area contributed by atoms with Crippen LogP contribution in [-0.2, 0) is 9.53 Å². The molecule has 0 aromatic heterocycles. The first-order valence-electron chi connectivity index (χ1n) is 8.87. The number of carbonyl (C=O) groups excluding carboxylic acids is 3. The molecule has 3 amide bonds. The summed E-state index contributed by atoms with van der Waals surface area (Å²) in [4.78, 5) is 36.1. The summed E-state index contributed by atoms with van der Waals surface area (Å²) in [6.07, 6.45) is 1.13. The van der Waals surface area contributed by atoms with Gasteiger partial charge in [0.25, 0.3) is 5.91 Å². The SMILES string of the molecule is CCOC(=O)C=C(NC(=O)NC(=O)c1ccccc1)N[C@@H](C)c1ccccc1. The molecule has 0 heterocycles. The fraction of sp³-hybridized carbons (Fsp3) is 0.190. The van der Waals surface area contributed by atoms with E-state index in [9.17, 15) is 14.4 Å². The van der Waals surface area contributed by atoms with Crippen molar-refractivity contribution in [3.05, 3.63) is 83.7 Å². The van der Waals surface area contributed by atoms with Gasteiger partial charge in [0.15, 0.2) is 0 Å². The predicted molar refractivity (Wildman–Crippen MR) is 105 cm³/mol. The van der Waals surface area contributed by atoms with Gasteiger partial charge in [-0.3, -0.25) is 15.4 Å². The summed E-state index contributed by atoms with van der Waals surface area (Å²) in [5, 5.41) is 7.75. The van der Waals surface area contributed by atoms with Gasteiger partial charge in [0, 0.05) is 11.6 Å². The summed E-state index contributed by atoms with van der Waals surface area (Å²) >= 11 is 0. The van der Waals surface area contributed by atoms with Gasteiger partial charge in [-0.2, -0.15) is 0 Å². The first kappa shape index (κ1) is 20.7. The van der Waals surface area contributed by atoms with Gasteiger partial charge in [-0.1, -0.05) is 48.5 Å². The lowest BCUT2D eigenvalue weighted by atomic mass is 10.1. The molecule has 0 aliphatic carbocycles. The van der Waals surface area contributed by atoms with Crippen molar-refractivity contribution in [2.24, 2.45) is 0 Å². The lowest BCUT2D eigenvalue weighted by Crippen LogP contribution is -2.42. The van der Waals surface area contributed by atoms with Crippen LogP contribution in [0.15, 0.2) is 72.6 Å². The zero-order valence-corrected chi connectivity index (χ0v) is 15.8. The number of urea groups is 1. The largest absolute Gasteiger partial charge is 0.463 e. The molecule has 0 aliphatic rings. The minimum atomic E-state index is -0.767. The third-order valence-corrected chi connectivity index (χ3v) is 3.73. The molecule has 2 aromatic carbocycles. The zero-order valence-electron chi connectivity index (χ0n) is 15.8. The number of carbonyl (C=O) groups is 3. The summed E-state index contributed by atoms with van der Waals surface area (Å²) in [7, 11) is 0. The van der Waals surface area contributed by atoms with E-state index in [1.807, 2.05) is 37.3 Å². The lowest BCUT2D eigenvalue weighted by Gasteiger charge is -2.19. The van der Waals surface area contributed by atoms with Crippen molar-refractivity contribution >= 4 is 17.9 Å². The van der Waals surface area contributed by atoms with Crippen molar-refractivity contribution in [2.75, 3.05) is 6.61 Å². The van der Waals surface area contributed by atoms with E-state index in [1.165, 1.54) is 0 Å². The minimum absolute atomic E-state index is 0.119. The standard InChI is InChI=1S/C21H23N3O4/c1-3-28-19(25)14-18(22-15(2)16-10-6-4-7-11-16)23-21(27)24-20(26)17-12-8-5-9-13-17/h4-15,22H,3H2,1-2H3,(H2,23,24,26,27)/t15-/m0/s1. The maximum absolute atomic E-state index is 12.2. The van der Waals surface area contributed by atoms with E-state index in [0.717, 1.165) is 11.6 Å². The van der Waals surface area contributed by atoms with Crippen molar-refractivity contribution in [3.8, 4) is 0 Å². The van der Waals surface area contributed by atoms with E-state index in [0.29, 0.717) is 5.56 Å². The molecular weight excluding hydrogens is 358 g/mol. The van der Waals surface area contributed by atoms with Crippen LogP contribution in [0.3, 0.4) is 0 Å². The maximum atomic E-state index is 12.2. The van der Waals surface area contributed by atoms with Crippen LogP contribution in [0.2, 0.25) is 0 Å². The number of hydrogen-bond donors (Lipinski definition) is 3. The highest BCUT2D eigenvalue weighted by Crippen LogP contribution is 2.12. The molecule has 3 N–H and O–H groups in total. The van der Waals surface area contributed by atoms with Crippen LogP contribution in [0, 0.1) is 0 Å².